The predicted octanol–water partition coefficient (Wildman–Crippen LogP) is 1.89. The van der Waals surface area contributed by atoms with Crippen LogP contribution in [0.2, 0.25) is 0 Å². The van der Waals surface area contributed by atoms with Crippen LogP contribution in [0.5, 0.6) is 5.75 Å². The molecule has 0 bridgehead atoms. The zero-order valence-corrected chi connectivity index (χ0v) is 9.87. The first kappa shape index (κ1) is 13.2. The Hall–Kier alpha value is -1.91. The lowest BCUT2D eigenvalue weighted by molar-refractivity contribution is -0.137. The third kappa shape index (κ3) is 2.81. The van der Waals surface area contributed by atoms with Crippen LogP contribution in [0, 0.1) is 12.7 Å². The molecule has 0 spiro atoms. The second-order valence-electron chi connectivity index (χ2n) is 3.35. The SMILES string of the molecule is CCOC(=O)C(=O)c1cc(OC)c(C)cc1F. The van der Waals surface area contributed by atoms with Gasteiger partial charge in [0.15, 0.2) is 0 Å². The van der Waals surface area contributed by atoms with Crippen LogP contribution in [0.3, 0.4) is 0 Å². The molecule has 1 aromatic carbocycles. The van der Waals surface area contributed by atoms with Crippen molar-refractivity contribution in [3.8, 4) is 5.75 Å². The summed E-state index contributed by atoms with van der Waals surface area (Å²) in [6.45, 7) is 3.27. The fourth-order valence-corrected chi connectivity index (χ4v) is 1.35. The largest absolute Gasteiger partial charge is 0.496 e. The van der Waals surface area contributed by atoms with E-state index < -0.39 is 17.6 Å². The average Bonchev–Trinajstić information content (AvgIpc) is 2.29. The van der Waals surface area contributed by atoms with Crippen LogP contribution < -0.4 is 4.74 Å². The highest BCUT2D eigenvalue weighted by Gasteiger charge is 2.22. The van der Waals surface area contributed by atoms with E-state index in [0.717, 1.165) is 6.07 Å². The van der Waals surface area contributed by atoms with E-state index in [1.807, 2.05) is 0 Å². The van der Waals surface area contributed by atoms with Crippen LogP contribution in [0.25, 0.3) is 0 Å². The van der Waals surface area contributed by atoms with Gasteiger partial charge in [-0.15, -0.1) is 0 Å². The van der Waals surface area contributed by atoms with Crippen LogP contribution in [0.4, 0.5) is 4.39 Å². The molecule has 92 valence electrons. The number of carbonyl (C=O) groups excluding carboxylic acids is 2. The Morgan fingerprint density at radius 3 is 2.53 bits per heavy atom. The third-order valence-electron chi connectivity index (χ3n) is 2.19. The summed E-state index contributed by atoms with van der Waals surface area (Å²) in [5.74, 6) is -2.50. The molecule has 0 saturated heterocycles. The number of carbonyl (C=O) groups is 2. The van der Waals surface area contributed by atoms with Crippen molar-refractivity contribution in [3.63, 3.8) is 0 Å². The smallest absolute Gasteiger partial charge is 0.379 e. The van der Waals surface area contributed by atoms with Gasteiger partial charge in [0.25, 0.3) is 5.78 Å². The standard InChI is InChI=1S/C12H13FO4/c1-4-17-12(15)11(14)8-6-10(16-3)7(2)5-9(8)13/h5-6H,4H2,1-3H3. The number of aryl methyl sites for hydroxylation is 1. The zero-order chi connectivity index (χ0) is 13.0. The van der Waals surface area contributed by atoms with E-state index in [2.05, 4.69) is 4.74 Å². The van der Waals surface area contributed by atoms with Gasteiger partial charge in [-0.1, -0.05) is 0 Å². The number of hydrogen-bond acceptors (Lipinski definition) is 4. The fourth-order valence-electron chi connectivity index (χ4n) is 1.35. The Balaban J connectivity index is 3.13. The predicted molar refractivity (Wildman–Crippen MR) is 58.7 cm³/mol. The van der Waals surface area contributed by atoms with Gasteiger partial charge in [-0.2, -0.15) is 0 Å². The van der Waals surface area contributed by atoms with Crippen molar-refractivity contribution in [1.29, 1.82) is 0 Å². The topological polar surface area (TPSA) is 52.6 Å². The second-order valence-corrected chi connectivity index (χ2v) is 3.35. The third-order valence-corrected chi connectivity index (χ3v) is 2.19. The van der Waals surface area contributed by atoms with Gasteiger partial charge in [0.2, 0.25) is 0 Å². The van der Waals surface area contributed by atoms with E-state index >= 15 is 0 Å². The maximum absolute atomic E-state index is 13.5. The van der Waals surface area contributed by atoms with Crippen molar-refractivity contribution in [3.05, 3.63) is 29.1 Å². The first-order valence-corrected chi connectivity index (χ1v) is 5.06. The lowest BCUT2D eigenvalue weighted by Crippen LogP contribution is -2.19. The number of rotatable bonds is 4. The number of methoxy groups -OCH3 is 1. The Kier molecular flexibility index (Phi) is 4.20. The van der Waals surface area contributed by atoms with E-state index in [0.29, 0.717) is 11.3 Å². The Morgan fingerprint density at radius 1 is 1.35 bits per heavy atom. The van der Waals surface area contributed by atoms with E-state index in [9.17, 15) is 14.0 Å². The maximum Gasteiger partial charge on any atom is 0.379 e. The van der Waals surface area contributed by atoms with E-state index in [1.165, 1.54) is 13.2 Å². The Labute approximate surface area is 98.3 Å². The summed E-state index contributed by atoms with van der Waals surface area (Å²) >= 11 is 0. The highest BCUT2D eigenvalue weighted by Crippen LogP contribution is 2.22. The van der Waals surface area contributed by atoms with Gasteiger partial charge in [0, 0.05) is 0 Å². The van der Waals surface area contributed by atoms with Crippen molar-refractivity contribution in [2.75, 3.05) is 13.7 Å². The van der Waals surface area contributed by atoms with E-state index in [4.69, 9.17) is 4.74 Å². The monoisotopic (exact) mass is 240 g/mol. The molecule has 0 heterocycles. The summed E-state index contributed by atoms with van der Waals surface area (Å²) in [4.78, 5) is 22.8. The van der Waals surface area contributed by atoms with Crippen molar-refractivity contribution in [2.45, 2.75) is 13.8 Å². The van der Waals surface area contributed by atoms with Gasteiger partial charge < -0.3 is 9.47 Å². The molecule has 0 aliphatic rings. The van der Waals surface area contributed by atoms with Gasteiger partial charge in [0.05, 0.1) is 19.3 Å². The highest BCUT2D eigenvalue weighted by molar-refractivity contribution is 6.40. The van der Waals surface area contributed by atoms with Gasteiger partial charge in [-0.25, -0.2) is 9.18 Å². The summed E-state index contributed by atoms with van der Waals surface area (Å²) in [7, 11) is 1.40. The van der Waals surface area contributed by atoms with Crippen molar-refractivity contribution in [2.24, 2.45) is 0 Å². The number of Topliss-reactive ketones (excluding diaryl/α,β-unsaturated/α-hetero) is 1. The number of ketones is 1. The molecule has 1 aromatic rings. The zero-order valence-electron chi connectivity index (χ0n) is 9.87. The lowest BCUT2D eigenvalue weighted by atomic mass is 10.1. The summed E-state index contributed by atoms with van der Waals surface area (Å²) in [5.41, 5.74) is 0.205. The molecule has 0 aliphatic heterocycles. The number of ether oxygens (including phenoxy) is 2. The molecule has 0 N–H and O–H groups in total. The minimum atomic E-state index is -1.07. The minimum Gasteiger partial charge on any atom is -0.496 e. The Bertz CT molecular complexity index is 454. The lowest BCUT2D eigenvalue weighted by Gasteiger charge is -2.08. The fraction of sp³-hybridized carbons (Fsp3) is 0.333. The number of hydrogen-bond donors (Lipinski definition) is 0. The van der Waals surface area contributed by atoms with Gasteiger partial charge >= 0.3 is 5.97 Å². The first-order chi connectivity index (χ1) is 8.01. The molecule has 17 heavy (non-hydrogen) atoms. The molecule has 0 saturated carbocycles. The van der Waals surface area contributed by atoms with E-state index in [-0.39, 0.29) is 12.2 Å². The molecule has 0 aromatic heterocycles. The highest BCUT2D eigenvalue weighted by atomic mass is 19.1. The molecule has 0 radical (unpaired) electrons. The summed E-state index contributed by atoms with van der Waals surface area (Å²) in [6, 6.07) is 2.34. The maximum atomic E-state index is 13.5. The van der Waals surface area contributed by atoms with Crippen molar-refractivity contribution < 1.29 is 23.5 Å². The molecular formula is C12H13FO4. The van der Waals surface area contributed by atoms with Gasteiger partial charge in [0.1, 0.15) is 11.6 Å². The first-order valence-electron chi connectivity index (χ1n) is 5.06. The van der Waals surface area contributed by atoms with Crippen molar-refractivity contribution in [1.82, 2.24) is 0 Å². The molecule has 5 heteroatoms. The number of halogens is 1. The van der Waals surface area contributed by atoms with Crippen LogP contribution in [-0.4, -0.2) is 25.5 Å². The Morgan fingerprint density at radius 2 is 2.00 bits per heavy atom. The van der Waals surface area contributed by atoms with Crippen molar-refractivity contribution >= 4 is 11.8 Å². The van der Waals surface area contributed by atoms with Crippen LogP contribution in [0.15, 0.2) is 12.1 Å². The molecule has 0 atom stereocenters. The van der Waals surface area contributed by atoms with Crippen LogP contribution in [0.1, 0.15) is 22.8 Å². The summed E-state index contributed by atoms with van der Waals surface area (Å²) in [6.07, 6.45) is 0. The minimum absolute atomic E-state index is 0.0647. The number of benzene rings is 1. The normalized spacial score (nSPS) is 9.88. The van der Waals surface area contributed by atoms with Crippen LogP contribution >= 0.6 is 0 Å². The number of esters is 1. The average molecular weight is 240 g/mol. The molecule has 0 aliphatic carbocycles. The summed E-state index contributed by atoms with van der Waals surface area (Å²) in [5, 5.41) is 0. The molecule has 1 rings (SSSR count). The van der Waals surface area contributed by atoms with Gasteiger partial charge in [-0.05, 0) is 31.5 Å². The molecule has 0 unspecified atom stereocenters. The molecule has 0 fully saturated rings. The van der Waals surface area contributed by atoms with Crippen LogP contribution in [-0.2, 0) is 9.53 Å². The molecule has 0 amide bonds. The molecular weight excluding hydrogens is 227 g/mol. The second kappa shape index (κ2) is 5.43. The molecule has 4 nitrogen and oxygen atoms in total. The van der Waals surface area contributed by atoms with Gasteiger partial charge in [-0.3, -0.25) is 4.79 Å². The van der Waals surface area contributed by atoms with E-state index in [1.54, 1.807) is 13.8 Å². The quantitative estimate of drug-likeness (QED) is 0.458. The summed E-state index contributed by atoms with van der Waals surface area (Å²) < 4.78 is 23.0.